The summed E-state index contributed by atoms with van der Waals surface area (Å²) in [6.07, 6.45) is 3.29. The Bertz CT molecular complexity index is 1250. The second-order valence-corrected chi connectivity index (χ2v) is 10.5. The van der Waals surface area contributed by atoms with Crippen molar-refractivity contribution in [1.82, 2.24) is 13.9 Å². The number of pyridine rings is 1. The minimum atomic E-state index is -3.51. The van der Waals surface area contributed by atoms with Crippen molar-refractivity contribution in [1.29, 1.82) is 0 Å². The number of aromatic nitrogens is 2. The lowest BCUT2D eigenvalue weighted by Crippen LogP contribution is -2.27. The average molecular weight is 497 g/mol. The summed E-state index contributed by atoms with van der Waals surface area (Å²) in [7, 11) is -3.51. The molecule has 1 aromatic carbocycles. The van der Waals surface area contributed by atoms with Gasteiger partial charge in [-0.05, 0) is 53.0 Å². The maximum atomic E-state index is 12.7. The van der Waals surface area contributed by atoms with Gasteiger partial charge in [-0.15, -0.1) is 0 Å². The van der Waals surface area contributed by atoms with Crippen molar-refractivity contribution in [3.05, 3.63) is 51.4 Å². The molecule has 29 heavy (non-hydrogen) atoms. The highest BCUT2D eigenvalue weighted by Crippen LogP contribution is 2.30. The molecule has 0 aliphatic carbocycles. The molecule has 8 nitrogen and oxygen atoms in total. The fourth-order valence-corrected chi connectivity index (χ4v) is 6.05. The molecule has 3 heterocycles. The summed E-state index contributed by atoms with van der Waals surface area (Å²) < 4.78 is 29.6. The van der Waals surface area contributed by atoms with Crippen molar-refractivity contribution in [2.45, 2.75) is 24.3 Å². The largest absolute Gasteiger partial charge is 0.305 e. The van der Waals surface area contributed by atoms with Crippen molar-refractivity contribution in [2.24, 2.45) is 0 Å². The van der Waals surface area contributed by atoms with E-state index in [1.807, 2.05) is 0 Å². The molecule has 1 aliphatic heterocycles. The number of nitrogens with zero attached hydrogens (tertiary/aromatic N) is 3. The highest BCUT2D eigenvalue weighted by molar-refractivity contribution is 9.10. The minimum Gasteiger partial charge on any atom is -0.305 e. The predicted octanol–water partition coefficient (Wildman–Crippen LogP) is 2.64. The molecular formula is C18H17BrN4O4S2. The van der Waals surface area contributed by atoms with Crippen LogP contribution in [0.5, 0.6) is 0 Å². The molecule has 152 valence electrons. The van der Waals surface area contributed by atoms with Gasteiger partial charge in [0, 0.05) is 29.8 Å². The van der Waals surface area contributed by atoms with E-state index in [1.54, 1.807) is 24.3 Å². The van der Waals surface area contributed by atoms with E-state index in [0.717, 1.165) is 12.8 Å². The average Bonchev–Trinajstić information content (AvgIpc) is 3.33. The van der Waals surface area contributed by atoms with E-state index in [0.29, 0.717) is 32.9 Å². The summed E-state index contributed by atoms with van der Waals surface area (Å²) in [6.45, 7) is 0.932. The minimum absolute atomic E-state index is 0.150. The number of carbonyl (C=O) groups is 1. The van der Waals surface area contributed by atoms with Crippen LogP contribution in [-0.2, 0) is 21.4 Å². The summed E-state index contributed by atoms with van der Waals surface area (Å²) in [6, 6.07) is 7.76. The molecule has 3 aromatic rings. The molecule has 0 atom stereocenters. The monoisotopic (exact) mass is 496 g/mol. The number of carbonyl (C=O) groups excluding carboxylic acids is 1. The maximum Gasteiger partial charge on any atom is 0.251 e. The molecule has 0 radical (unpaired) electrons. The van der Waals surface area contributed by atoms with Gasteiger partial charge in [0.25, 0.3) is 5.56 Å². The first-order chi connectivity index (χ1) is 13.8. The van der Waals surface area contributed by atoms with Gasteiger partial charge >= 0.3 is 0 Å². The van der Waals surface area contributed by atoms with Crippen LogP contribution in [0.15, 0.2) is 50.7 Å². The summed E-state index contributed by atoms with van der Waals surface area (Å²) >= 11 is 4.46. The third-order valence-corrected chi connectivity index (χ3v) is 7.87. The molecule has 1 amide bonds. The highest BCUT2D eigenvalue weighted by atomic mass is 79.9. The smallest absolute Gasteiger partial charge is 0.251 e. The Kier molecular flexibility index (Phi) is 5.56. The Morgan fingerprint density at radius 2 is 1.97 bits per heavy atom. The van der Waals surface area contributed by atoms with Crippen LogP contribution >= 0.6 is 27.3 Å². The van der Waals surface area contributed by atoms with Crippen LogP contribution in [0, 0.1) is 0 Å². The zero-order chi connectivity index (χ0) is 20.6. The molecule has 4 rings (SSSR count). The van der Waals surface area contributed by atoms with E-state index in [1.165, 1.54) is 32.5 Å². The normalized spacial score (nSPS) is 15.1. The number of amides is 1. The second-order valence-electron chi connectivity index (χ2n) is 6.62. The number of sulfonamides is 1. The summed E-state index contributed by atoms with van der Waals surface area (Å²) in [5.41, 5.74) is 0.315. The maximum absolute atomic E-state index is 12.7. The molecule has 0 spiro atoms. The molecule has 1 N–H and O–H groups in total. The standard InChI is InChI=1S/C18H17BrN4O4S2/c19-12-3-6-17(25)22(10-12)11-16(24)21-18-20-14-5-4-13(9-15(14)28-18)29(26,27)23-7-1-2-8-23/h3-6,9-10H,1-2,7-8,11H2,(H,20,21,24). The van der Waals surface area contributed by atoms with E-state index >= 15 is 0 Å². The van der Waals surface area contributed by atoms with Gasteiger partial charge in [0.15, 0.2) is 5.13 Å². The number of rotatable bonds is 5. The van der Waals surface area contributed by atoms with Crippen LogP contribution in [0.1, 0.15) is 12.8 Å². The molecule has 0 bridgehead atoms. The third kappa shape index (κ3) is 4.27. The second kappa shape index (κ2) is 7.98. The van der Waals surface area contributed by atoms with Crippen LogP contribution in [-0.4, -0.2) is 41.3 Å². The number of fused-ring (bicyclic) bond motifs is 1. The van der Waals surface area contributed by atoms with Crippen LogP contribution in [0.3, 0.4) is 0 Å². The quantitative estimate of drug-likeness (QED) is 0.584. The van der Waals surface area contributed by atoms with Crippen LogP contribution in [0.4, 0.5) is 5.13 Å². The molecule has 1 aliphatic rings. The number of hydrogen-bond donors (Lipinski definition) is 1. The Hall–Kier alpha value is -2.08. The molecule has 1 saturated heterocycles. The molecule has 1 fully saturated rings. The van der Waals surface area contributed by atoms with Crippen LogP contribution in [0.25, 0.3) is 10.2 Å². The van der Waals surface area contributed by atoms with E-state index in [2.05, 4.69) is 26.2 Å². The first-order valence-corrected chi connectivity index (χ1v) is 11.9. The Morgan fingerprint density at radius 1 is 1.21 bits per heavy atom. The first kappa shape index (κ1) is 20.2. The zero-order valence-corrected chi connectivity index (χ0v) is 18.4. The number of nitrogens with one attached hydrogen (secondary N) is 1. The zero-order valence-electron chi connectivity index (χ0n) is 15.2. The molecular weight excluding hydrogens is 480 g/mol. The molecule has 0 saturated carbocycles. The highest BCUT2D eigenvalue weighted by Gasteiger charge is 2.27. The van der Waals surface area contributed by atoms with Crippen LogP contribution in [0.2, 0.25) is 0 Å². The summed E-state index contributed by atoms with van der Waals surface area (Å²) in [5.74, 6) is -0.394. The fourth-order valence-electron chi connectivity index (χ4n) is 3.14. The van der Waals surface area contributed by atoms with Gasteiger partial charge < -0.3 is 9.88 Å². The Balaban J connectivity index is 1.54. The van der Waals surface area contributed by atoms with Gasteiger partial charge in [0.2, 0.25) is 15.9 Å². The van der Waals surface area contributed by atoms with Crippen LogP contribution < -0.4 is 10.9 Å². The van der Waals surface area contributed by atoms with Gasteiger partial charge in [-0.1, -0.05) is 11.3 Å². The van der Waals surface area contributed by atoms with Gasteiger partial charge in [0.1, 0.15) is 6.54 Å². The lowest BCUT2D eigenvalue weighted by Gasteiger charge is -2.15. The van der Waals surface area contributed by atoms with Gasteiger partial charge in [-0.25, -0.2) is 13.4 Å². The molecule has 2 aromatic heterocycles. The van der Waals surface area contributed by atoms with Gasteiger partial charge in [-0.2, -0.15) is 4.31 Å². The van der Waals surface area contributed by atoms with Crippen molar-refractivity contribution >= 4 is 58.5 Å². The number of thiazole rings is 1. The van der Waals surface area contributed by atoms with E-state index in [4.69, 9.17) is 0 Å². The molecule has 11 heteroatoms. The van der Waals surface area contributed by atoms with E-state index in [-0.39, 0.29) is 17.0 Å². The van der Waals surface area contributed by atoms with Crippen molar-refractivity contribution < 1.29 is 13.2 Å². The number of benzene rings is 1. The predicted molar refractivity (Wildman–Crippen MR) is 115 cm³/mol. The topological polar surface area (TPSA) is 101 Å². The lowest BCUT2D eigenvalue weighted by atomic mass is 10.3. The first-order valence-electron chi connectivity index (χ1n) is 8.89. The summed E-state index contributed by atoms with van der Waals surface area (Å²) in [4.78, 5) is 28.7. The SMILES string of the molecule is O=C(Cn1cc(Br)ccc1=O)Nc1nc2ccc(S(=O)(=O)N3CCCC3)cc2s1. The van der Waals surface area contributed by atoms with E-state index in [9.17, 15) is 18.0 Å². The summed E-state index contributed by atoms with van der Waals surface area (Å²) in [5, 5.41) is 3.02. The molecule has 0 unspecified atom stereocenters. The van der Waals surface area contributed by atoms with Gasteiger partial charge in [0.05, 0.1) is 15.1 Å². The van der Waals surface area contributed by atoms with Crippen molar-refractivity contribution in [3.63, 3.8) is 0 Å². The Morgan fingerprint density at radius 3 is 2.72 bits per heavy atom. The van der Waals surface area contributed by atoms with Crippen molar-refractivity contribution in [3.8, 4) is 0 Å². The van der Waals surface area contributed by atoms with E-state index < -0.39 is 15.9 Å². The number of anilines is 1. The van der Waals surface area contributed by atoms with Crippen molar-refractivity contribution in [2.75, 3.05) is 18.4 Å². The number of hydrogen-bond acceptors (Lipinski definition) is 6. The van der Waals surface area contributed by atoms with Gasteiger partial charge in [-0.3, -0.25) is 9.59 Å². The Labute approximate surface area is 179 Å². The lowest BCUT2D eigenvalue weighted by molar-refractivity contribution is -0.116. The number of halogens is 1. The fraction of sp³-hybridized carbons (Fsp3) is 0.278. The third-order valence-electron chi connectivity index (χ3n) is 4.57.